The maximum Gasteiger partial charge on any atom is 0.240 e. The predicted octanol–water partition coefficient (Wildman–Crippen LogP) is 3.45. The number of nitrogens with zero attached hydrogens (tertiary/aromatic N) is 1. The average molecular weight is 375 g/mol. The van der Waals surface area contributed by atoms with Gasteiger partial charge in [0.1, 0.15) is 12.3 Å². The largest absolute Gasteiger partial charge is 0.492 e. The first kappa shape index (κ1) is 19.8. The Labute approximate surface area is 158 Å². The first-order chi connectivity index (χ1) is 12.5. The number of ether oxygens (including phenoxy) is 1. The van der Waals surface area contributed by atoms with Crippen LogP contribution in [0.15, 0.2) is 48.5 Å². The number of carbonyl (C=O) groups is 2. The first-order valence-electron chi connectivity index (χ1n) is 8.52. The zero-order chi connectivity index (χ0) is 18.9. The number of benzene rings is 2. The van der Waals surface area contributed by atoms with E-state index < -0.39 is 0 Å². The average Bonchev–Trinajstić information content (AvgIpc) is 2.60. The van der Waals surface area contributed by atoms with Gasteiger partial charge in [0, 0.05) is 18.5 Å². The Morgan fingerprint density at radius 2 is 1.92 bits per heavy atom. The first-order valence-corrected chi connectivity index (χ1v) is 8.90. The van der Waals surface area contributed by atoms with Crippen molar-refractivity contribution in [3.8, 4) is 5.75 Å². The quantitative estimate of drug-likeness (QED) is 0.769. The molecule has 0 aliphatic carbocycles. The van der Waals surface area contributed by atoms with E-state index in [0.717, 1.165) is 5.56 Å². The molecule has 138 valence electrons. The van der Waals surface area contributed by atoms with E-state index in [1.807, 2.05) is 43.3 Å². The minimum absolute atomic E-state index is 0.0605. The Balaban J connectivity index is 1.97. The molecule has 5 nitrogen and oxygen atoms in total. The van der Waals surface area contributed by atoms with Crippen LogP contribution in [0.2, 0.25) is 5.02 Å². The molecule has 0 aromatic heterocycles. The highest BCUT2D eigenvalue weighted by Gasteiger charge is 2.19. The minimum Gasteiger partial charge on any atom is -0.492 e. The van der Waals surface area contributed by atoms with E-state index in [2.05, 4.69) is 5.32 Å². The Kier molecular flexibility index (Phi) is 7.48. The number of para-hydroxylation sites is 2. The van der Waals surface area contributed by atoms with Crippen molar-refractivity contribution in [2.45, 2.75) is 20.3 Å². The molecule has 6 heteroatoms. The molecule has 0 atom stereocenters. The van der Waals surface area contributed by atoms with Crippen molar-refractivity contribution in [3.63, 3.8) is 0 Å². The molecule has 0 radical (unpaired) electrons. The lowest BCUT2D eigenvalue weighted by Gasteiger charge is -2.23. The highest BCUT2D eigenvalue weighted by atomic mass is 35.5. The fourth-order valence-corrected chi connectivity index (χ4v) is 2.77. The van der Waals surface area contributed by atoms with E-state index in [0.29, 0.717) is 36.0 Å². The fourth-order valence-electron chi connectivity index (χ4n) is 2.56. The van der Waals surface area contributed by atoms with Crippen LogP contribution in [0.3, 0.4) is 0 Å². The highest BCUT2D eigenvalue weighted by molar-refractivity contribution is 6.30. The van der Waals surface area contributed by atoms with E-state index in [1.165, 1.54) is 11.8 Å². The van der Waals surface area contributed by atoms with Crippen LogP contribution in [0.25, 0.3) is 0 Å². The SMILES string of the molecule is CCOc1ccccc1N(CC(=O)NCCc1cccc(Cl)c1)C(C)=O. The van der Waals surface area contributed by atoms with Crippen molar-refractivity contribution < 1.29 is 14.3 Å². The second kappa shape index (κ2) is 9.82. The minimum atomic E-state index is -0.228. The summed E-state index contributed by atoms with van der Waals surface area (Å²) in [6.07, 6.45) is 0.669. The number of hydrogen-bond acceptors (Lipinski definition) is 3. The monoisotopic (exact) mass is 374 g/mol. The number of rotatable bonds is 8. The van der Waals surface area contributed by atoms with Gasteiger partial charge in [-0.1, -0.05) is 35.9 Å². The van der Waals surface area contributed by atoms with E-state index >= 15 is 0 Å². The molecule has 2 aromatic rings. The molecule has 0 heterocycles. The van der Waals surface area contributed by atoms with Crippen LogP contribution in [0.1, 0.15) is 19.4 Å². The van der Waals surface area contributed by atoms with Crippen LogP contribution in [0, 0.1) is 0 Å². The summed E-state index contributed by atoms with van der Waals surface area (Å²) in [4.78, 5) is 25.7. The lowest BCUT2D eigenvalue weighted by molar-refractivity contribution is -0.123. The van der Waals surface area contributed by atoms with Crippen molar-refractivity contribution in [2.75, 3.05) is 24.6 Å². The molecule has 0 unspecified atom stereocenters. The smallest absolute Gasteiger partial charge is 0.240 e. The third kappa shape index (κ3) is 5.77. The van der Waals surface area contributed by atoms with Crippen LogP contribution in [-0.4, -0.2) is 31.5 Å². The summed E-state index contributed by atoms with van der Waals surface area (Å²) < 4.78 is 5.56. The number of anilines is 1. The van der Waals surface area contributed by atoms with Crippen molar-refractivity contribution in [1.82, 2.24) is 5.32 Å². The van der Waals surface area contributed by atoms with E-state index in [-0.39, 0.29) is 18.4 Å². The molecule has 26 heavy (non-hydrogen) atoms. The van der Waals surface area contributed by atoms with Crippen molar-refractivity contribution >= 4 is 29.1 Å². The summed E-state index contributed by atoms with van der Waals surface area (Å²) in [5.41, 5.74) is 1.63. The molecular formula is C20H23ClN2O3. The summed E-state index contributed by atoms with van der Waals surface area (Å²) in [5, 5.41) is 3.51. The predicted molar refractivity (Wildman–Crippen MR) is 104 cm³/mol. The van der Waals surface area contributed by atoms with Gasteiger partial charge < -0.3 is 10.1 Å². The number of hydrogen-bond donors (Lipinski definition) is 1. The van der Waals surface area contributed by atoms with Gasteiger partial charge >= 0.3 is 0 Å². The van der Waals surface area contributed by atoms with Crippen molar-refractivity contribution in [3.05, 3.63) is 59.1 Å². The molecule has 2 amide bonds. The van der Waals surface area contributed by atoms with Gasteiger partial charge in [0.05, 0.1) is 12.3 Å². The Morgan fingerprint density at radius 3 is 2.62 bits per heavy atom. The zero-order valence-electron chi connectivity index (χ0n) is 15.0. The standard InChI is InChI=1S/C20H23ClN2O3/c1-3-26-19-10-5-4-9-18(19)23(15(2)24)14-20(25)22-12-11-16-7-6-8-17(21)13-16/h4-10,13H,3,11-12,14H2,1-2H3,(H,22,25). The lowest BCUT2D eigenvalue weighted by atomic mass is 10.1. The fraction of sp³-hybridized carbons (Fsp3) is 0.300. The van der Waals surface area contributed by atoms with E-state index in [9.17, 15) is 9.59 Å². The van der Waals surface area contributed by atoms with Gasteiger partial charge in [-0.25, -0.2) is 0 Å². The number of carbonyl (C=O) groups excluding carboxylic acids is 2. The summed E-state index contributed by atoms with van der Waals surface area (Å²) in [5.74, 6) is 0.132. The van der Waals surface area contributed by atoms with Crippen molar-refractivity contribution in [2.24, 2.45) is 0 Å². The molecule has 0 aliphatic rings. The maximum atomic E-state index is 12.3. The number of halogens is 1. The Hall–Kier alpha value is -2.53. The van der Waals surface area contributed by atoms with Gasteiger partial charge in [-0.3, -0.25) is 14.5 Å². The Bertz CT molecular complexity index is 764. The molecule has 0 aliphatic heterocycles. The number of nitrogens with one attached hydrogen (secondary N) is 1. The topological polar surface area (TPSA) is 58.6 Å². The third-order valence-corrected chi connectivity index (χ3v) is 4.00. The van der Waals surface area contributed by atoms with Gasteiger partial charge in [-0.05, 0) is 43.2 Å². The van der Waals surface area contributed by atoms with Crippen molar-refractivity contribution in [1.29, 1.82) is 0 Å². The maximum absolute atomic E-state index is 12.3. The zero-order valence-corrected chi connectivity index (χ0v) is 15.8. The molecular weight excluding hydrogens is 352 g/mol. The summed E-state index contributed by atoms with van der Waals surface area (Å²) >= 11 is 5.95. The lowest BCUT2D eigenvalue weighted by Crippen LogP contribution is -2.40. The van der Waals surface area contributed by atoms with Crippen LogP contribution in [-0.2, 0) is 16.0 Å². The molecule has 2 aromatic carbocycles. The van der Waals surface area contributed by atoms with Crippen LogP contribution < -0.4 is 15.0 Å². The van der Waals surface area contributed by atoms with Crippen LogP contribution >= 0.6 is 11.6 Å². The third-order valence-electron chi connectivity index (χ3n) is 3.76. The van der Waals surface area contributed by atoms with Crippen LogP contribution in [0.4, 0.5) is 5.69 Å². The molecule has 0 fully saturated rings. The second-order valence-electron chi connectivity index (χ2n) is 5.74. The highest BCUT2D eigenvalue weighted by Crippen LogP contribution is 2.28. The molecule has 2 rings (SSSR count). The normalized spacial score (nSPS) is 10.3. The van der Waals surface area contributed by atoms with Gasteiger partial charge in [0.15, 0.2) is 0 Å². The summed E-state index contributed by atoms with van der Waals surface area (Å²) in [7, 11) is 0. The van der Waals surface area contributed by atoms with Gasteiger partial charge in [-0.15, -0.1) is 0 Å². The Morgan fingerprint density at radius 1 is 1.15 bits per heavy atom. The molecule has 0 saturated carbocycles. The molecule has 1 N–H and O–H groups in total. The molecule has 0 saturated heterocycles. The van der Waals surface area contributed by atoms with Crippen LogP contribution in [0.5, 0.6) is 5.75 Å². The van der Waals surface area contributed by atoms with E-state index in [4.69, 9.17) is 16.3 Å². The summed E-state index contributed by atoms with van der Waals surface area (Å²) in [6.45, 7) is 4.20. The van der Waals surface area contributed by atoms with Gasteiger partial charge in [0.2, 0.25) is 11.8 Å². The number of amides is 2. The summed E-state index contributed by atoms with van der Waals surface area (Å²) in [6, 6.07) is 14.7. The van der Waals surface area contributed by atoms with E-state index in [1.54, 1.807) is 12.1 Å². The second-order valence-corrected chi connectivity index (χ2v) is 6.17. The van der Waals surface area contributed by atoms with Gasteiger partial charge in [-0.2, -0.15) is 0 Å². The molecule has 0 bridgehead atoms. The molecule has 0 spiro atoms. The van der Waals surface area contributed by atoms with Gasteiger partial charge in [0.25, 0.3) is 0 Å².